The molecule has 118 valence electrons. The van der Waals surface area contributed by atoms with Crippen molar-refractivity contribution < 1.29 is 12.8 Å². The third-order valence-corrected chi connectivity index (χ3v) is 3.77. The lowest BCUT2D eigenvalue weighted by Gasteiger charge is -1.97. The largest absolute Gasteiger partial charge is 0.411 e. The molecule has 0 saturated carbocycles. The molecule has 7 heteroatoms. The summed E-state index contributed by atoms with van der Waals surface area (Å²) in [4.78, 5) is 0. The SMILES string of the molecule is Cc1cccc(-c2nnc(SCc3ccccc3)o2)c1.O=S=O. The molecular formula is C16H14N2O3S2. The summed E-state index contributed by atoms with van der Waals surface area (Å²) >= 11 is 0.803. The highest BCUT2D eigenvalue weighted by molar-refractivity contribution is 7.98. The molecule has 0 atom stereocenters. The average molecular weight is 346 g/mol. The molecule has 0 unspecified atom stereocenters. The molecule has 0 saturated heterocycles. The Morgan fingerprint density at radius 2 is 1.74 bits per heavy atom. The summed E-state index contributed by atoms with van der Waals surface area (Å²) in [6.45, 7) is 2.05. The Labute approximate surface area is 141 Å². The van der Waals surface area contributed by atoms with Crippen molar-refractivity contribution in [2.45, 2.75) is 17.9 Å². The van der Waals surface area contributed by atoms with Crippen LogP contribution >= 0.6 is 11.8 Å². The van der Waals surface area contributed by atoms with Gasteiger partial charge < -0.3 is 4.42 Å². The van der Waals surface area contributed by atoms with Crippen LogP contribution in [0.1, 0.15) is 11.1 Å². The van der Waals surface area contributed by atoms with Crippen LogP contribution in [0.25, 0.3) is 11.5 Å². The molecule has 0 N–H and O–H groups in total. The summed E-state index contributed by atoms with van der Waals surface area (Å²) in [5, 5.41) is 8.79. The molecule has 1 aromatic heterocycles. The third kappa shape index (κ3) is 5.46. The monoisotopic (exact) mass is 346 g/mol. The maximum atomic E-state index is 8.29. The van der Waals surface area contributed by atoms with Gasteiger partial charge in [-0.3, -0.25) is 0 Å². The maximum absolute atomic E-state index is 8.29. The first-order chi connectivity index (χ1) is 11.2. The average Bonchev–Trinajstić information content (AvgIpc) is 3.04. The molecule has 0 spiro atoms. The molecule has 0 aliphatic heterocycles. The topological polar surface area (TPSA) is 73.1 Å². The van der Waals surface area contributed by atoms with Crippen LogP contribution in [0, 0.1) is 6.92 Å². The lowest BCUT2D eigenvalue weighted by Crippen LogP contribution is -1.79. The molecule has 0 radical (unpaired) electrons. The molecular weight excluding hydrogens is 332 g/mol. The van der Waals surface area contributed by atoms with Crippen molar-refractivity contribution in [3.05, 3.63) is 65.7 Å². The second kappa shape index (κ2) is 9.02. The fraction of sp³-hybridized carbons (Fsp3) is 0.125. The Morgan fingerprint density at radius 3 is 2.43 bits per heavy atom. The molecule has 0 amide bonds. The van der Waals surface area contributed by atoms with Crippen LogP contribution in [0.4, 0.5) is 0 Å². The molecule has 0 bridgehead atoms. The number of aromatic nitrogens is 2. The number of rotatable bonds is 4. The van der Waals surface area contributed by atoms with Gasteiger partial charge in [-0.25, -0.2) is 0 Å². The van der Waals surface area contributed by atoms with Crippen LogP contribution in [-0.4, -0.2) is 18.6 Å². The minimum atomic E-state index is -0.750. The van der Waals surface area contributed by atoms with Crippen molar-refractivity contribution >= 4 is 23.3 Å². The first kappa shape index (κ1) is 17.1. The Balaban J connectivity index is 0.000000595. The molecule has 23 heavy (non-hydrogen) atoms. The van der Waals surface area contributed by atoms with E-state index < -0.39 is 11.6 Å². The van der Waals surface area contributed by atoms with E-state index in [0.717, 1.165) is 11.3 Å². The minimum Gasteiger partial charge on any atom is -0.411 e. The molecule has 1 heterocycles. The van der Waals surface area contributed by atoms with Crippen LogP contribution in [0.2, 0.25) is 0 Å². The first-order valence-corrected chi connectivity index (χ1v) is 8.37. The van der Waals surface area contributed by atoms with Gasteiger partial charge in [-0.15, -0.1) is 10.2 Å². The summed E-state index contributed by atoms with van der Waals surface area (Å²) in [6, 6.07) is 18.3. The number of nitrogens with zero attached hydrogens (tertiary/aromatic N) is 2. The van der Waals surface area contributed by atoms with E-state index in [1.807, 2.05) is 49.4 Å². The maximum Gasteiger partial charge on any atom is 0.335 e. The Morgan fingerprint density at radius 1 is 1.00 bits per heavy atom. The molecule has 2 aromatic carbocycles. The molecule has 5 nitrogen and oxygen atoms in total. The van der Waals surface area contributed by atoms with E-state index in [1.54, 1.807) is 11.8 Å². The Hall–Kier alpha value is -2.25. The van der Waals surface area contributed by atoms with Crippen molar-refractivity contribution in [3.8, 4) is 11.5 Å². The predicted molar refractivity (Wildman–Crippen MR) is 89.4 cm³/mol. The van der Waals surface area contributed by atoms with Crippen molar-refractivity contribution in [1.82, 2.24) is 10.2 Å². The number of aryl methyl sites for hydroxylation is 1. The fourth-order valence-electron chi connectivity index (χ4n) is 1.88. The van der Waals surface area contributed by atoms with Gasteiger partial charge in [0, 0.05) is 11.3 Å². The molecule has 0 aliphatic rings. The number of benzene rings is 2. The van der Waals surface area contributed by atoms with Gasteiger partial charge in [0.1, 0.15) is 0 Å². The quantitative estimate of drug-likeness (QED) is 0.671. The standard InChI is InChI=1S/C16H14N2OS.O2S/c1-12-6-5-9-14(10-12)15-17-18-16(19-15)20-11-13-7-3-2-4-8-13;1-3-2/h2-10H,11H2,1H3;. The minimum absolute atomic E-state index is 0.573. The Bertz CT molecular complexity index is 785. The highest BCUT2D eigenvalue weighted by Crippen LogP contribution is 2.25. The zero-order chi connectivity index (χ0) is 16.5. The van der Waals surface area contributed by atoms with E-state index in [2.05, 4.69) is 22.3 Å². The number of hydrogen-bond acceptors (Lipinski definition) is 6. The van der Waals surface area contributed by atoms with Gasteiger partial charge in [-0.1, -0.05) is 59.8 Å². The van der Waals surface area contributed by atoms with Crippen LogP contribution in [-0.2, 0) is 17.3 Å². The lowest BCUT2D eigenvalue weighted by atomic mass is 10.1. The van der Waals surface area contributed by atoms with Crippen LogP contribution in [0.5, 0.6) is 0 Å². The van der Waals surface area contributed by atoms with Gasteiger partial charge in [-0.2, -0.15) is 8.42 Å². The summed E-state index contributed by atoms with van der Waals surface area (Å²) in [5.41, 5.74) is 3.39. The predicted octanol–water partition coefficient (Wildman–Crippen LogP) is 3.67. The zero-order valence-corrected chi connectivity index (χ0v) is 14.0. The number of hydrogen-bond donors (Lipinski definition) is 0. The summed E-state index contributed by atoms with van der Waals surface area (Å²) in [7, 11) is 0. The van der Waals surface area contributed by atoms with E-state index in [1.165, 1.54) is 11.1 Å². The molecule has 3 rings (SSSR count). The van der Waals surface area contributed by atoms with Gasteiger partial charge in [-0.05, 0) is 24.6 Å². The van der Waals surface area contributed by atoms with Crippen LogP contribution in [0.15, 0.2) is 64.2 Å². The van der Waals surface area contributed by atoms with E-state index in [4.69, 9.17) is 12.8 Å². The van der Waals surface area contributed by atoms with Crippen molar-refractivity contribution in [1.29, 1.82) is 0 Å². The summed E-state index contributed by atoms with van der Waals surface area (Å²) < 4.78 is 22.3. The molecule has 0 fully saturated rings. The Kier molecular flexibility index (Phi) is 6.71. The van der Waals surface area contributed by atoms with E-state index in [0.29, 0.717) is 11.1 Å². The van der Waals surface area contributed by atoms with Gasteiger partial charge in [0.05, 0.1) is 0 Å². The van der Waals surface area contributed by atoms with Crippen molar-refractivity contribution in [3.63, 3.8) is 0 Å². The van der Waals surface area contributed by atoms with Crippen molar-refractivity contribution in [2.24, 2.45) is 0 Å². The van der Waals surface area contributed by atoms with Crippen LogP contribution in [0.3, 0.4) is 0 Å². The first-order valence-electron chi connectivity index (χ1n) is 6.72. The number of thioether (sulfide) groups is 1. The van der Waals surface area contributed by atoms with Gasteiger partial charge in [0.25, 0.3) is 5.22 Å². The van der Waals surface area contributed by atoms with Gasteiger partial charge >= 0.3 is 11.6 Å². The summed E-state index contributed by atoms with van der Waals surface area (Å²) in [6.07, 6.45) is 0. The molecule has 0 aliphatic carbocycles. The lowest BCUT2D eigenvalue weighted by molar-refractivity contribution is 0.466. The van der Waals surface area contributed by atoms with E-state index in [9.17, 15) is 0 Å². The molecule has 3 aromatic rings. The highest BCUT2D eigenvalue weighted by Gasteiger charge is 2.09. The second-order valence-corrected chi connectivity index (χ2v) is 5.65. The third-order valence-electron chi connectivity index (χ3n) is 2.88. The van der Waals surface area contributed by atoms with Gasteiger partial charge in [0.15, 0.2) is 0 Å². The van der Waals surface area contributed by atoms with Crippen molar-refractivity contribution in [2.75, 3.05) is 0 Å². The zero-order valence-electron chi connectivity index (χ0n) is 12.3. The normalized spacial score (nSPS) is 9.78. The van der Waals surface area contributed by atoms with E-state index in [-0.39, 0.29) is 0 Å². The van der Waals surface area contributed by atoms with Crippen LogP contribution < -0.4 is 0 Å². The van der Waals surface area contributed by atoms with E-state index >= 15 is 0 Å². The fourth-order valence-corrected chi connectivity index (χ4v) is 2.60. The smallest absolute Gasteiger partial charge is 0.335 e. The second-order valence-electron chi connectivity index (χ2n) is 4.58. The summed E-state index contributed by atoms with van der Waals surface area (Å²) in [5.74, 6) is 1.40. The van der Waals surface area contributed by atoms with Gasteiger partial charge in [0.2, 0.25) is 5.89 Å². The highest BCUT2D eigenvalue weighted by atomic mass is 32.2.